The number of halogens is 1. The topological polar surface area (TPSA) is 142 Å². The molecule has 2 aliphatic carbocycles. The number of allylic oxidation sites excluding steroid dienone is 1. The number of hydrogen-bond donors (Lipinski definition) is 3. The van der Waals surface area contributed by atoms with Gasteiger partial charge in [0.15, 0.2) is 0 Å². The van der Waals surface area contributed by atoms with E-state index in [-0.39, 0.29) is 28.9 Å². The lowest BCUT2D eigenvalue weighted by molar-refractivity contribution is -0.145. The van der Waals surface area contributed by atoms with Gasteiger partial charge >= 0.3 is 11.9 Å². The van der Waals surface area contributed by atoms with Gasteiger partial charge in [-0.25, -0.2) is 9.00 Å². The first-order valence-electron chi connectivity index (χ1n) is 17.0. The Bertz CT molecular complexity index is 1780. The van der Waals surface area contributed by atoms with Crippen LogP contribution in [-0.4, -0.2) is 75.8 Å². The summed E-state index contributed by atoms with van der Waals surface area (Å²) in [5.41, 5.74) is 2.99. The number of anilines is 1. The van der Waals surface area contributed by atoms with Crippen molar-refractivity contribution >= 4 is 50.7 Å². The van der Waals surface area contributed by atoms with Crippen molar-refractivity contribution in [3.8, 4) is 5.75 Å². The zero-order valence-electron chi connectivity index (χ0n) is 28.0. The molecule has 1 spiro atoms. The first-order valence-corrected chi connectivity index (χ1v) is 19.2. The van der Waals surface area contributed by atoms with E-state index >= 15 is 0 Å². The molecular weight excluding hydrogens is 668 g/mol. The molecule has 2 aliphatic heterocycles. The van der Waals surface area contributed by atoms with Crippen LogP contribution < -0.4 is 14.4 Å². The van der Waals surface area contributed by atoms with Crippen LogP contribution in [0.15, 0.2) is 42.5 Å². The highest BCUT2D eigenvalue weighted by Crippen LogP contribution is 2.47. The number of rotatable bonds is 5. The third-order valence-corrected chi connectivity index (χ3v) is 13.5. The van der Waals surface area contributed by atoms with E-state index in [9.17, 15) is 28.8 Å². The van der Waals surface area contributed by atoms with E-state index < -0.39 is 57.4 Å². The second-order valence-electron chi connectivity index (χ2n) is 14.3. The summed E-state index contributed by atoms with van der Waals surface area (Å²) >= 11 is 6.43. The molecule has 2 aromatic carbocycles. The lowest BCUT2D eigenvalue weighted by atomic mass is 9.68. The monoisotopic (exact) mass is 712 g/mol. The SMILES string of the molecule is C=S1(=O)NC(=O)c2cc3c(cc2CC(=O)O)OC[C@]2(CCCc4cc(Cl)ccc42)CN3C[C@@H]2CC[C@H]2[C@@H](OCC(=O)O)/C=C/C[C@H](C)[C@H]1C. The summed E-state index contributed by atoms with van der Waals surface area (Å²) in [7, 11) is -3.17. The van der Waals surface area contributed by atoms with E-state index in [4.69, 9.17) is 21.1 Å². The van der Waals surface area contributed by atoms with Crippen LogP contribution in [0.4, 0.5) is 5.69 Å². The third-order valence-electron chi connectivity index (χ3n) is 11.1. The number of benzene rings is 2. The third kappa shape index (κ3) is 7.35. The lowest BCUT2D eigenvalue weighted by Crippen LogP contribution is -2.50. The number of carbonyl (C=O) groups excluding carboxylic acids is 1. The average Bonchev–Trinajstić information content (AvgIpc) is 3.16. The maximum absolute atomic E-state index is 14.0. The minimum atomic E-state index is -3.17. The Morgan fingerprint density at radius 3 is 2.69 bits per heavy atom. The number of carboxylic acids is 2. The number of carbonyl (C=O) groups is 3. The molecule has 3 N–H and O–H groups in total. The number of ether oxygens (including phenoxy) is 2. The van der Waals surface area contributed by atoms with Crippen LogP contribution >= 0.6 is 11.6 Å². The number of nitrogens with one attached hydrogen (secondary N) is 1. The molecule has 0 radical (unpaired) electrons. The van der Waals surface area contributed by atoms with Gasteiger partial charge in [0.1, 0.15) is 12.4 Å². The second-order valence-corrected chi connectivity index (χ2v) is 17.2. The van der Waals surface area contributed by atoms with Crippen molar-refractivity contribution < 1.29 is 38.3 Å². The molecule has 264 valence electrons. The van der Waals surface area contributed by atoms with Crippen LogP contribution in [0.25, 0.3) is 0 Å². The Labute approximate surface area is 292 Å². The largest absolute Gasteiger partial charge is 0.490 e. The molecule has 7 atom stereocenters. The number of aliphatic carboxylic acids is 2. The van der Waals surface area contributed by atoms with Crippen molar-refractivity contribution in [1.82, 2.24) is 4.72 Å². The molecule has 2 heterocycles. The molecule has 1 saturated carbocycles. The maximum Gasteiger partial charge on any atom is 0.329 e. The number of nitrogens with zero attached hydrogens (tertiary/aromatic N) is 1. The van der Waals surface area contributed by atoms with Gasteiger partial charge in [-0.2, -0.15) is 0 Å². The molecule has 0 saturated heterocycles. The molecule has 10 nitrogen and oxygen atoms in total. The summed E-state index contributed by atoms with van der Waals surface area (Å²) in [6.07, 6.45) is 8.06. The van der Waals surface area contributed by atoms with E-state index in [1.807, 2.05) is 31.2 Å². The summed E-state index contributed by atoms with van der Waals surface area (Å²) in [5, 5.41) is 19.5. The number of carboxylic acid groups (broad SMARTS) is 2. The van der Waals surface area contributed by atoms with Crippen molar-refractivity contribution in [1.29, 1.82) is 0 Å². The van der Waals surface area contributed by atoms with Gasteiger partial charge in [0.25, 0.3) is 5.91 Å². The van der Waals surface area contributed by atoms with Crippen LogP contribution in [-0.2, 0) is 42.3 Å². The van der Waals surface area contributed by atoms with E-state index in [0.29, 0.717) is 42.6 Å². The predicted molar refractivity (Wildman–Crippen MR) is 190 cm³/mol. The zero-order valence-corrected chi connectivity index (χ0v) is 29.6. The summed E-state index contributed by atoms with van der Waals surface area (Å²) < 4.78 is 29.2. The van der Waals surface area contributed by atoms with Gasteiger partial charge in [0.2, 0.25) is 0 Å². The highest BCUT2D eigenvalue weighted by molar-refractivity contribution is 7.99. The number of amides is 1. The number of hydrogen-bond acceptors (Lipinski definition) is 7. The van der Waals surface area contributed by atoms with Crippen LogP contribution in [0.3, 0.4) is 0 Å². The maximum atomic E-state index is 14.0. The van der Waals surface area contributed by atoms with Gasteiger partial charge in [-0.3, -0.25) is 14.3 Å². The number of aryl methyl sites for hydroxylation is 1. The fraction of sp³-hybridized carbons (Fsp3) is 0.514. The molecule has 2 bridgehead atoms. The Hall–Kier alpha value is -3.54. The van der Waals surface area contributed by atoms with Gasteiger partial charge in [0.05, 0.1) is 34.5 Å². The van der Waals surface area contributed by atoms with Crippen LogP contribution in [0.1, 0.15) is 73.0 Å². The molecule has 1 amide bonds. The Balaban J connectivity index is 1.49. The minimum absolute atomic E-state index is 0.0587. The van der Waals surface area contributed by atoms with E-state index in [2.05, 4.69) is 21.6 Å². The predicted octanol–water partition coefficient (Wildman–Crippen LogP) is 5.28. The summed E-state index contributed by atoms with van der Waals surface area (Å²) in [6, 6.07) is 9.35. The van der Waals surface area contributed by atoms with Crippen molar-refractivity contribution in [3.63, 3.8) is 0 Å². The van der Waals surface area contributed by atoms with E-state index in [0.717, 1.165) is 32.1 Å². The van der Waals surface area contributed by atoms with E-state index in [1.165, 1.54) is 11.1 Å². The summed E-state index contributed by atoms with van der Waals surface area (Å²) in [6.45, 7) is 4.81. The number of fused-ring (bicyclic) bond motifs is 4. The normalized spacial score (nSPS) is 32.0. The quantitative estimate of drug-likeness (QED) is 0.279. The van der Waals surface area contributed by atoms with Gasteiger partial charge in [-0.05, 0) is 110 Å². The Morgan fingerprint density at radius 2 is 1.98 bits per heavy atom. The first-order chi connectivity index (χ1) is 23.3. The Morgan fingerprint density at radius 1 is 1.18 bits per heavy atom. The lowest BCUT2D eigenvalue weighted by Gasteiger charge is -2.46. The van der Waals surface area contributed by atoms with Crippen molar-refractivity contribution in [3.05, 3.63) is 69.8 Å². The molecule has 1 unspecified atom stereocenters. The smallest absolute Gasteiger partial charge is 0.329 e. The molecule has 2 aromatic rings. The van der Waals surface area contributed by atoms with Gasteiger partial charge in [-0.1, -0.05) is 36.7 Å². The van der Waals surface area contributed by atoms with Gasteiger partial charge < -0.3 is 24.6 Å². The van der Waals surface area contributed by atoms with Gasteiger partial charge in [0, 0.05) is 34.3 Å². The molecular formula is C37H45ClN2O8S. The average molecular weight is 713 g/mol. The highest BCUT2D eigenvalue weighted by Gasteiger charge is 2.45. The fourth-order valence-corrected chi connectivity index (χ4v) is 9.71. The molecule has 1 fully saturated rings. The summed E-state index contributed by atoms with van der Waals surface area (Å²) in [5.74, 6) is 1.69. The second kappa shape index (κ2) is 14.0. The highest BCUT2D eigenvalue weighted by atomic mass is 35.5. The van der Waals surface area contributed by atoms with Crippen LogP contribution in [0.5, 0.6) is 5.75 Å². The van der Waals surface area contributed by atoms with Gasteiger partial charge in [-0.15, -0.1) is 0 Å². The molecule has 12 heteroatoms. The van der Waals surface area contributed by atoms with Crippen molar-refractivity contribution in [2.45, 2.75) is 75.6 Å². The first kappa shape index (κ1) is 35.3. The van der Waals surface area contributed by atoms with Crippen LogP contribution in [0.2, 0.25) is 5.02 Å². The van der Waals surface area contributed by atoms with Crippen molar-refractivity contribution in [2.75, 3.05) is 31.2 Å². The fourth-order valence-electron chi connectivity index (χ4n) is 8.05. The molecule has 6 rings (SSSR count). The minimum Gasteiger partial charge on any atom is -0.490 e. The molecule has 49 heavy (non-hydrogen) atoms. The van der Waals surface area contributed by atoms with Crippen molar-refractivity contribution in [2.24, 2.45) is 17.8 Å². The zero-order chi connectivity index (χ0) is 35.1. The molecule has 0 aromatic heterocycles. The van der Waals surface area contributed by atoms with E-state index in [1.54, 1.807) is 19.1 Å². The summed E-state index contributed by atoms with van der Waals surface area (Å²) in [4.78, 5) is 39.8. The standard InChI is InChI=1S/C37H45ClN2O8S/c1-22-6-4-8-32(47-19-35(43)44)28-11-9-25(28)18-40-20-37(13-5-7-24-14-27(38)10-12-30(24)37)21-48-33-15-26(16-34(41)42)29(17-31(33)40)36(45)39-49(3,46)23(22)2/h4,8,10,12,14-15,17,22-23,25,28,32H,3,5-7,9,11,13,16,18-21H2,1-2H3,(H,41,42)(H,43,44)(H,39,45,46)/b8-4+/t22-,23+,25-,28+,32-,37-,49?/m0/s1. The Kier molecular flexibility index (Phi) is 10.1. The van der Waals surface area contributed by atoms with Crippen LogP contribution in [0, 0.1) is 17.8 Å². The molecule has 4 aliphatic rings.